The van der Waals surface area contributed by atoms with Crippen LogP contribution in [-0.4, -0.2) is 5.11 Å². The van der Waals surface area contributed by atoms with Crippen LogP contribution >= 0.6 is 11.6 Å². The van der Waals surface area contributed by atoms with Crippen LogP contribution in [0.25, 0.3) is 0 Å². The van der Waals surface area contributed by atoms with Gasteiger partial charge in [-0.25, -0.2) is 0 Å². The molecule has 0 spiro atoms. The summed E-state index contributed by atoms with van der Waals surface area (Å²) in [5, 5.41) is 9.76. The summed E-state index contributed by atoms with van der Waals surface area (Å²) in [7, 11) is 0. The Morgan fingerprint density at radius 3 is 2.79 bits per heavy atom. The molecular formula is C11H16ClNO. The van der Waals surface area contributed by atoms with E-state index in [1.165, 1.54) is 0 Å². The predicted octanol–water partition coefficient (Wildman–Crippen LogP) is 3.24. The highest BCUT2D eigenvalue weighted by Crippen LogP contribution is 2.27. The molecular weight excluding hydrogens is 198 g/mol. The first-order chi connectivity index (χ1) is 6.65. The van der Waals surface area contributed by atoms with Gasteiger partial charge in [0.05, 0.1) is 5.02 Å². The van der Waals surface area contributed by atoms with E-state index < -0.39 is 0 Å². The van der Waals surface area contributed by atoms with Gasteiger partial charge in [-0.1, -0.05) is 37.4 Å². The third-order valence-corrected chi connectivity index (χ3v) is 2.59. The van der Waals surface area contributed by atoms with Crippen LogP contribution in [0.3, 0.4) is 0 Å². The van der Waals surface area contributed by atoms with Crippen molar-refractivity contribution >= 4 is 11.6 Å². The average molecular weight is 214 g/mol. The number of phenolic OH excluding ortho intramolecular Hbond substituents is 1. The van der Waals surface area contributed by atoms with Crippen molar-refractivity contribution in [2.75, 3.05) is 0 Å². The molecule has 0 bridgehead atoms. The van der Waals surface area contributed by atoms with Crippen LogP contribution in [0, 0.1) is 0 Å². The van der Waals surface area contributed by atoms with Crippen molar-refractivity contribution in [3.05, 3.63) is 28.8 Å². The molecule has 1 unspecified atom stereocenters. The van der Waals surface area contributed by atoms with Gasteiger partial charge in [-0.15, -0.1) is 0 Å². The average Bonchev–Trinajstić information content (AvgIpc) is 2.18. The van der Waals surface area contributed by atoms with Gasteiger partial charge in [0.2, 0.25) is 0 Å². The van der Waals surface area contributed by atoms with Crippen molar-refractivity contribution in [1.82, 2.24) is 0 Å². The molecule has 1 rings (SSSR count). The van der Waals surface area contributed by atoms with Gasteiger partial charge in [0.25, 0.3) is 0 Å². The lowest BCUT2D eigenvalue weighted by atomic mass is 10.0. The maximum atomic E-state index is 9.39. The first-order valence-corrected chi connectivity index (χ1v) is 5.27. The second-order valence-corrected chi connectivity index (χ2v) is 3.87. The van der Waals surface area contributed by atoms with E-state index in [9.17, 15) is 5.11 Å². The van der Waals surface area contributed by atoms with E-state index in [1.54, 1.807) is 12.1 Å². The van der Waals surface area contributed by atoms with Crippen molar-refractivity contribution in [1.29, 1.82) is 0 Å². The van der Waals surface area contributed by atoms with E-state index in [4.69, 9.17) is 17.3 Å². The van der Waals surface area contributed by atoms with Gasteiger partial charge in [0, 0.05) is 6.04 Å². The lowest BCUT2D eigenvalue weighted by Crippen LogP contribution is -2.09. The molecule has 0 aliphatic carbocycles. The largest absolute Gasteiger partial charge is 0.506 e. The van der Waals surface area contributed by atoms with Gasteiger partial charge in [-0.3, -0.25) is 0 Å². The summed E-state index contributed by atoms with van der Waals surface area (Å²) >= 11 is 5.70. The molecule has 1 aromatic carbocycles. The SMILES string of the molecule is CCCCC(N)c1ccc(Cl)c(O)c1. The Morgan fingerprint density at radius 2 is 2.21 bits per heavy atom. The zero-order valence-electron chi connectivity index (χ0n) is 8.33. The van der Waals surface area contributed by atoms with E-state index in [-0.39, 0.29) is 11.8 Å². The van der Waals surface area contributed by atoms with E-state index in [0.717, 1.165) is 24.8 Å². The number of rotatable bonds is 4. The van der Waals surface area contributed by atoms with Gasteiger partial charge in [0.1, 0.15) is 5.75 Å². The number of unbranched alkanes of at least 4 members (excludes halogenated alkanes) is 1. The number of halogens is 1. The number of benzene rings is 1. The molecule has 0 aliphatic heterocycles. The Bertz CT molecular complexity index is 301. The topological polar surface area (TPSA) is 46.2 Å². The summed E-state index contributed by atoms with van der Waals surface area (Å²) in [4.78, 5) is 0. The van der Waals surface area contributed by atoms with Crippen molar-refractivity contribution in [3.8, 4) is 5.75 Å². The highest BCUT2D eigenvalue weighted by atomic mass is 35.5. The van der Waals surface area contributed by atoms with E-state index >= 15 is 0 Å². The first-order valence-electron chi connectivity index (χ1n) is 4.89. The van der Waals surface area contributed by atoms with Crippen molar-refractivity contribution in [2.24, 2.45) is 5.73 Å². The minimum atomic E-state index is -0.00174. The fourth-order valence-corrected chi connectivity index (χ4v) is 1.47. The Labute approximate surface area is 89.7 Å². The standard InChI is InChI=1S/C11H16ClNO/c1-2-3-4-10(13)8-5-6-9(12)11(14)7-8/h5-7,10,14H,2-4,13H2,1H3. The van der Waals surface area contributed by atoms with Gasteiger partial charge >= 0.3 is 0 Å². The molecule has 0 saturated heterocycles. The number of aromatic hydroxyl groups is 1. The van der Waals surface area contributed by atoms with Crippen LogP contribution in [0.4, 0.5) is 0 Å². The number of nitrogens with two attached hydrogens (primary N) is 1. The Morgan fingerprint density at radius 1 is 1.50 bits per heavy atom. The Balaban J connectivity index is 2.70. The smallest absolute Gasteiger partial charge is 0.134 e. The maximum Gasteiger partial charge on any atom is 0.134 e. The highest BCUT2D eigenvalue weighted by molar-refractivity contribution is 6.32. The first kappa shape index (κ1) is 11.3. The molecule has 2 nitrogen and oxygen atoms in total. The molecule has 3 N–H and O–H groups in total. The molecule has 0 amide bonds. The Kier molecular flexibility index (Phi) is 4.23. The molecule has 3 heteroatoms. The number of phenols is 1. The summed E-state index contributed by atoms with van der Waals surface area (Å²) in [6, 6.07) is 5.18. The number of hydrogen-bond donors (Lipinski definition) is 2. The molecule has 1 atom stereocenters. The third kappa shape index (κ3) is 2.89. The molecule has 0 saturated carbocycles. The molecule has 0 aromatic heterocycles. The van der Waals surface area contributed by atoms with Crippen LogP contribution in [0.5, 0.6) is 5.75 Å². The molecule has 78 valence electrons. The molecule has 0 fully saturated rings. The van der Waals surface area contributed by atoms with Crippen LogP contribution in [0.1, 0.15) is 37.8 Å². The molecule has 0 heterocycles. The number of hydrogen-bond acceptors (Lipinski definition) is 2. The van der Waals surface area contributed by atoms with Crippen LogP contribution in [0.15, 0.2) is 18.2 Å². The van der Waals surface area contributed by atoms with Crippen LogP contribution in [0.2, 0.25) is 5.02 Å². The van der Waals surface area contributed by atoms with Crippen molar-refractivity contribution in [3.63, 3.8) is 0 Å². The maximum absolute atomic E-state index is 9.39. The second-order valence-electron chi connectivity index (χ2n) is 3.46. The summed E-state index contributed by atoms with van der Waals surface area (Å²) in [5.74, 6) is 0.108. The zero-order chi connectivity index (χ0) is 10.6. The highest BCUT2D eigenvalue weighted by Gasteiger charge is 2.07. The monoisotopic (exact) mass is 213 g/mol. The van der Waals surface area contributed by atoms with Crippen molar-refractivity contribution in [2.45, 2.75) is 32.2 Å². The predicted molar refractivity (Wildman–Crippen MR) is 59.6 cm³/mol. The summed E-state index contributed by atoms with van der Waals surface area (Å²) in [5.41, 5.74) is 6.89. The fraction of sp³-hybridized carbons (Fsp3) is 0.455. The summed E-state index contributed by atoms with van der Waals surface area (Å²) in [6.45, 7) is 2.13. The third-order valence-electron chi connectivity index (χ3n) is 2.27. The fourth-order valence-electron chi connectivity index (χ4n) is 1.35. The van der Waals surface area contributed by atoms with Gasteiger partial charge in [0.15, 0.2) is 0 Å². The molecule has 1 aromatic rings. The zero-order valence-corrected chi connectivity index (χ0v) is 9.09. The van der Waals surface area contributed by atoms with Crippen LogP contribution in [-0.2, 0) is 0 Å². The lowest BCUT2D eigenvalue weighted by molar-refractivity contribution is 0.473. The van der Waals surface area contributed by atoms with Gasteiger partial charge < -0.3 is 10.8 Å². The van der Waals surface area contributed by atoms with E-state index in [0.29, 0.717) is 5.02 Å². The summed E-state index contributed by atoms with van der Waals surface area (Å²) in [6.07, 6.45) is 3.18. The quantitative estimate of drug-likeness (QED) is 0.807. The lowest BCUT2D eigenvalue weighted by Gasteiger charge is -2.11. The van der Waals surface area contributed by atoms with E-state index in [2.05, 4.69) is 6.92 Å². The minimum Gasteiger partial charge on any atom is -0.506 e. The minimum absolute atomic E-state index is 0.00174. The van der Waals surface area contributed by atoms with Crippen LogP contribution < -0.4 is 5.73 Å². The van der Waals surface area contributed by atoms with Crippen molar-refractivity contribution < 1.29 is 5.11 Å². The molecule has 14 heavy (non-hydrogen) atoms. The summed E-state index contributed by atoms with van der Waals surface area (Å²) < 4.78 is 0. The van der Waals surface area contributed by atoms with E-state index in [1.807, 2.05) is 6.07 Å². The normalized spacial score (nSPS) is 12.8. The van der Waals surface area contributed by atoms with Gasteiger partial charge in [-0.2, -0.15) is 0 Å². The van der Waals surface area contributed by atoms with Gasteiger partial charge in [-0.05, 0) is 24.1 Å². The molecule has 0 radical (unpaired) electrons. The second kappa shape index (κ2) is 5.23. The molecule has 0 aliphatic rings. The Hall–Kier alpha value is -0.730.